The molecule has 1 aliphatic carbocycles. The fourth-order valence-corrected chi connectivity index (χ4v) is 5.03. The van der Waals surface area contributed by atoms with Crippen molar-refractivity contribution in [1.82, 2.24) is 9.80 Å². The summed E-state index contributed by atoms with van der Waals surface area (Å²) in [6.45, 7) is 10.5. The van der Waals surface area contributed by atoms with E-state index < -0.39 is 5.60 Å². The number of rotatable bonds is 5. The van der Waals surface area contributed by atoms with Gasteiger partial charge in [-0.1, -0.05) is 0 Å². The summed E-state index contributed by atoms with van der Waals surface area (Å²) in [6.07, 6.45) is 3.79. The van der Waals surface area contributed by atoms with Crippen LogP contribution in [-0.2, 0) is 4.74 Å². The zero-order valence-electron chi connectivity index (χ0n) is 19.6. The quantitative estimate of drug-likeness (QED) is 0.416. The predicted molar refractivity (Wildman–Crippen MR) is 129 cm³/mol. The normalized spacial score (nSPS) is 20.6. The van der Waals surface area contributed by atoms with Gasteiger partial charge < -0.3 is 19.3 Å². The minimum Gasteiger partial charge on any atom is -0.483 e. The Morgan fingerprint density at radius 1 is 1.06 bits per heavy atom. The van der Waals surface area contributed by atoms with Gasteiger partial charge in [-0.25, -0.2) is 4.79 Å². The first kappa shape index (κ1) is 24.1. The maximum atomic E-state index is 12.3. The number of hydrogen-bond donors (Lipinski definition) is 0. The smallest absolute Gasteiger partial charge is 0.410 e. The number of benzene rings is 1. The Morgan fingerprint density at radius 2 is 1.70 bits per heavy atom. The van der Waals surface area contributed by atoms with Crippen molar-refractivity contribution in [1.29, 1.82) is 0 Å². The SMILES string of the molecule is CC(C)(C)OC(=O)N1CCN(C2CCN(c3cc(OC4CC4)c([N+](=O)[O-])cc3Br)CC2)CC1. The van der Waals surface area contributed by atoms with Crippen LogP contribution < -0.4 is 9.64 Å². The number of nitro groups is 1. The van der Waals surface area contributed by atoms with Crippen molar-refractivity contribution in [3.8, 4) is 5.75 Å². The summed E-state index contributed by atoms with van der Waals surface area (Å²) in [5, 5.41) is 11.5. The second kappa shape index (κ2) is 9.66. The highest BCUT2D eigenvalue weighted by molar-refractivity contribution is 9.10. The lowest BCUT2D eigenvalue weighted by Gasteiger charge is -2.43. The maximum absolute atomic E-state index is 12.3. The van der Waals surface area contributed by atoms with E-state index in [0.29, 0.717) is 24.9 Å². The third-order valence-electron chi connectivity index (χ3n) is 6.33. The van der Waals surface area contributed by atoms with Gasteiger partial charge in [-0.05, 0) is 62.4 Å². The summed E-state index contributed by atoms with van der Waals surface area (Å²) < 4.78 is 12.1. The standard InChI is InChI=1S/C23H33BrN4O5/c1-23(2,3)33-22(29)27-12-10-25(11-13-27)16-6-8-26(9-7-16)19-15-21(32-17-4-5-17)20(28(30)31)14-18(19)24/h14-17H,4-13H2,1-3H3. The molecule has 33 heavy (non-hydrogen) atoms. The monoisotopic (exact) mass is 524 g/mol. The molecule has 0 radical (unpaired) electrons. The average molecular weight is 525 g/mol. The van der Waals surface area contributed by atoms with Crippen molar-refractivity contribution in [2.24, 2.45) is 0 Å². The van der Waals surface area contributed by atoms with Crippen LogP contribution in [-0.4, -0.2) is 77.8 Å². The molecule has 1 aromatic rings. The van der Waals surface area contributed by atoms with Gasteiger partial charge >= 0.3 is 11.8 Å². The first-order chi connectivity index (χ1) is 15.6. The lowest BCUT2D eigenvalue weighted by atomic mass is 10.0. The summed E-state index contributed by atoms with van der Waals surface area (Å²) in [5.74, 6) is 0.362. The minimum atomic E-state index is -0.475. The zero-order valence-corrected chi connectivity index (χ0v) is 21.2. The van der Waals surface area contributed by atoms with Gasteiger partial charge in [-0.2, -0.15) is 0 Å². The van der Waals surface area contributed by atoms with Gasteiger partial charge in [0.1, 0.15) is 5.60 Å². The number of nitro benzene ring substituents is 1. The highest BCUT2D eigenvalue weighted by Gasteiger charge is 2.33. The van der Waals surface area contributed by atoms with Crippen molar-refractivity contribution >= 4 is 33.4 Å². The van der Waals surface area contributed by atoms with Gasteiger partial charge in [-0.15, -0.1) is 0 Å². The van der Waals surface area contributed by atoms with Crippen LogP contribution in [0.15, 0.2) is 16.6 Å². The van der Waals surface area contributed by atoms with Crippen LogP contribution in [0.5, 0.6) is 5.75 Å². The van der Waals surface area contributed by atoms with Gasteiger partial charge in [0.05, 0.1) is 16.7 Å². The molecule has 3 fully saturated rings. The number of hydrogen-bond acceptors (Lipinski definition) is 7. The molecular formula is C23H33BrN4O5. The number of halogens is 1. The second-order valence-corrected chi connectivity index (χ2v) is 10.9. The van der Waals surface area contributed by atoms with Crippen LogP contribution in [0.1, 0.15) is 46.5 Å². The van der Waals surface area contributed by atoms with E-state index in [2.05, 4.69) is 25.7 Å². The molecule has 1 amide bonds. The highest BCUT2D eigenvalue weighted by atomic mass is 79.9. The van der Waals surface area contributed by atoms with Gasteiger partial charge in [-0.3, -0.25) is 15.0 Å². The van der Waals surface area contributed by atoms with Gasteiger partial charge in [0.15, 0.2) is 5.75 Å². The highest BCUT2D eigenvalue weighted by Crippen LogP contribution is 2.41. The second-order valence-electron chi connectivity index (χ2n) is 10.1. The average Bonchev–Trinajstić information content (AvgIpc) is 3.58. The van der Waals surface area contributed by atoms with E-state index in [4.69, 9.17) is 9.47 Å². The molecule has 2 aliphatic heterocycles. The Morgan fingerprint density at radius 3 is 2.24 bits per heavy atom. The van der Waals surface area contributed by atoms with E-state index in [0.717, 1.165) is 62.0 Å². The predicted octanol–water partition coefficient (Wildman–Crippen LogP) is 4.42. The van der Waals surface area contributed by atoms with E-state index in [1.54, 1.807) is 11.0 Å². The van der Waals surface area contributed by atoms with E-state index in [1.165, 1.54) is 0 Å². The Kier molecular flexibility index (Phi) is 7.04. The van der Waals surface area contributed by atoms with Crippen LogP contribution in [0.2, 0.25) is 0 Å². The lowest BCUT2D eigenvalue weighted by Crippen LogP contribution is -2.55. The Bertz CT molecular complexity index is 886. The number of piperazine rings is 1. The van der Waals surface area contributed by atoms with Crippen LogP contribution in [0, 0.1) is 10.1 Å². The minimum absolute atomic E-state index is 0.00951. The molecule has 9 nitrogen and oxygen atoms in total. The maximum Gasteiger partial charge on any atom is 0.410 e. The van der Waals surface area contributed by atoms with Gasteiger partial charge in [0, 0.05) is 61.9 Å². The van der Waals surface area contributed by atoms with Crippen LogP contribution in [0.4, 0.5) is 16.2 Å². The van der Waals surface area contributed by atoms with Crippen molar-refractivity contribution in [3.63, 3.8) is 0 Å². The largest absolute Gasteiger partial charge is 0.483 e. The topological polar surface area (TPSA) is 88.4 Å². The third kappa shape index (κ3) is 6.09. The van der Waals surface area contributed by atoms with E-state index in [1.807, 2.05) is 26.8 Å². The van der Waals surface area contributed by atoms with Crippen molar-refractivity contribution < 1.29 is 19.2 Å². The van der Waals surface area contributed by atoms with E-state index in [9.17, 15) is 14.9 Å². The van der Waals surface area contributed by atoms with Gasteiger partial charge in [0.25, 0.3) is 0 Å². The molecule has 2 saturated heterocycles. The molecule has 1 saturated carbocycles. The van der Waals surface area contributed by atoms with Crippen LogP contribution in [0.25, 0.3) is 0 Å². The van der Waals surface area contributed by atoms with E-state index in [-0.39, 0.29) is 22.8 Å². The number of piperidine rings is 1. The number of ether oxygens (including phenoxy) is 2. The van der Waals surface area contributed by atoms with Gasteiger partial charge in [0.2, 0.25) is 0 Å². The Balaban J connectivity index is 1.33. The number of carbonyl (C=O) groups excluding carboxylic acids is 1. The first-order valence-electron chi connectivity index (χ1n) is 11.7. The number of anilines is 1. The van der Waals surface area contributed by atoms with Crippen molar-refractivity contribution in [2.45, 2.75) is 64.2 Å². The van der Waals surface area contributed by atoms with Crippen LogP contribution >= 0.6 is 15.9 Å². The fourth-order valence-electron chi connectivity index (χ4n) is 4.45. The molecule has 0 unspecified atom stereocenters. The molecule has 0 spiro atoms. The summed E-state index contributed by atoms with van der Waals surface area (Å²) in [7, 11) is 0. The Hall–Kier alpha value is -2.07. The summed E-state index contributed by atoms with van der Waals surface area (Å²) in [6, 6.07) is 3.86. The zero-order chi connectivity index (χ0) is 23.8. The summed E-state index contributed by atoms with van der Waals surface area (Å²) in [4.78, 5) is 30.0. The molecule has 0 aromatic heterocycles. The Labute approximate surface area is 203 Å². The fraction of sp³-hybridized carbons (Fsp3) is 0.696. The number of nitrogens with zero attached hydrogens (tertiary/aromatic N) is 4. The lowest BCUT2D eigenvalue weighted by molar-refractivity contribution is -0.386. The molecule has 0 atom stereocenters. The molecule has 3 aliphatic rings. The van der Waals surface area contributed by atoms with Crippen LogP contribution in [0.3, 0.4) is 0 Å². The third-order valence-corrected chi connectivity index (χ3v) is 6.97. The van der Waals surface area contributed by atoms with Crippen molar-refractivity contribution in [3.05, 3.63) is 26.7 Å². The first-order valence-corrected chi connectivity index (χ1v) is 12.5. The molecule has 4 rings (SSSR count). The van der Waals surface area contributed by atoms with Crippen molar-refractivity contribution in [2.75, 3.05) is 44.2 Å². The summed E-state index contributed by atoms with van der Waals surface area (Å²) in [5.41, 5.74) is 0.483. The van der Waals surface area contributed by atoms with E-state index >= 15 is 0 Å². The molecule has 0 bridgehead atoms. The molecule has 0 N–H and O–H groups in total. The molecule has 182 valence electrons. The number of amides is 1. The number of carbonyl (C=O) groups is 1. The molecule has 1 aromatic carbocycles. The molecule has 10 heteroatoms. The molecule has 2 heterocycles. The summed E-state index contributed by atoms with van der Waals surface area (Å²) >= 11 is 3.54. The molecular weight excluding hydrogens is 492 g/mol.